The minimum atomic E-state index is -0.838. The highest BCUT2D eigenvalue weighted by molar-refractivity contribution is 6.08. The standard InChI is InChI=1S/C37H38N2O6/c1-21-16-29-27(9-11-31(41)39(29)20-23-17-25(42-6)19-26(18-23)43-7)34(32(21)36(22(2)40)45-37(3,4)5)28-8-10-30-33-24(13-15-44-30)12-14-38-35(28)33/h8-12,14,16-19,36H,13,15,20H2,1-7H3. The number of hydrogen-bond donors (Lipinski definition) is 0. The number of pyridine rings is 2. The molecule has 0 amide bonds. The summed E-state index contributed by atoms with van der Waals surface area (Å²) in [6.07, 6.45) is 1.77. The van der Waals surface area contributed by atoms with Gasteiger partial charge in [-0.2, -0.15) is 0 Å². The number of hydrogen-bond acceptors (Lipinski definition) is 7. The maximum Gasteiger partial charge on any atom is 0.251 e. The van der Waals surface area contributed by atoms with E-state index in [2.05, 4.69) is 0 Å². The summed E-state index contributed by atoms with van der Waals surface area (Å²) in [5.41, 5.74) is 6.04. The highest BCUT2D eigenvalue weighted by atomic mass is 16.5. The Morgan fingerprint density at radius 3 is 2.42 bits per heavy atom. The van der Waals surface area contributed by atoms with Crippen LogP contribution in [-0.2, 0) is 22.5 Å². The molecular weight excluding hydrogens is 568 g/mol. The van der Waals surface area contributed by atoms with Crippen LogP contribution in [0.1, 0.15) is 56.1 Å². The molecule has 2 aromatic heterocycles. The molecule has 3 aromatic carbocycles. The second kappa shape index (κ2) is 11.7. The largest absolute Gasteiger partial charge is 0.497 e. The van der Waals surface area contributed by atoms with E-state index >= 15 is 0 Å². The summed E-state index contributed by atoms with van der Waals surface area (Å²) in [6, 6.07) is 17.0. The lowest BCUT2D eigenvalue weighted by atomic mass is 9.85. The number of methoxy groups -OCH3 is 2. The lowest BCUT2D eigenvalue weighted by molar-refractivity contribution is -0.138. The number of benzene rings is 3. The van der Waals surface area contributed by atoms with Crippen molar-refractivity contribution in [1.82, 2.24) is 9.55 Å². The van der Waals surface area contributed by atoms with E-state index in [1.165, 1.54) is 5.56 Å². The van der Waals surface area contributed by atoms with E-state index in [4.69, 9.17) is 23.9 Å². The molecule has 1 aliphatic rings. The minimum absolute atomic E-state index is 0.107. The molecule has 1 atom stereocenters. The Labute approximate surface area is 262 Å². The molecule has 0 aliphatic carbocycles. The van der Waals surface area contributed by atoms with Crippen molar-refractivity contribution in [3.8, 4) is 28.4 Å². The zero-order chi connectivity index (χ0) is 32.0. The fourth-order valence-corrected chi connectivity index (χ4v) is 6.32. The number of Topliss-reactive ketones (excluding diaryl/α,β-unsaturated/α-hetero) is 1. The van der Waals surface area contributed by atoms with Crippen molar-refractivity contribution in [1.29, 1.82) is 0 Å². The molecule has 5 aromatic rings. The summed E-state index contributed by atoms with van der Waals surface area (Å²) in [5.74, 6) is 1.96. The first-order chi connectivity index (χ1) is 21.5. The summed E-state index contributed by atoms with van der Waals surface area (Å²) < 4.78 is 25.3. The Hall–Kier alpha value is -4.69. The van der Waals surface area contributed by atoms with Crippen molar-refractivity contribution in [2.24, 2.45) is 0 Å². The van der Waals surface area contributed by atoms with Gasteiger partial charge in [-0.25, -0.2) is 0 Å². The number of aromatic nitrogens is 2. The van der Waals surface area contributed by atoms with Gasteiger partial charge in [0.25, 0.3) is 5.56 Å². The predicted molar refractivity (Wildman–Crippen MR) is 176 cm³/mol. The van der Waals surface area contributed by atoms with Crippen LogP contribution in [0.3, 0.4) is 0 Å². The first kappa shape index (κ1) is 30.3. The van der Waals surface area contributed by atoms with Gasteiger partial charge in [0.15, 0.2) is 5.78 Å². The average molecular weight is 607 g/mol. The van der Waals surface area contributed by atoms with Gasteiger partial charge < -0.3 is 23.5 Å². The Bertz CT molecular complexity index is 1990. The second-order valence-corrected chi connectivity index (χ2v) is 12.5. The Kier molecular flexibility index (Phi) is 7.87. The molecule has 6 rings (SSSR count). The highest BCUT2D eigenvalue weighted by Crippen LogP contribution is 2.45. The van der Waals surface area contributed by atoms with Crippen LogP contribution in [0.25, 0.3) is 32.9 Å². The SMILES string of the molecule is COc1cc(Cn2c(=O)ccc3c(-c4ccc5c6c(ccnc46)CCO5)c(C(OC(C)(C)C)C(C)=O)c(C)cc32)cc(OC)c1. The minimum Gasteiger partial charge on any atom is -0.497 e. The molecule has 3 heterocycles. The van der Waals surface area contributed by atoms with Crippen molar-refractivity contribution in [2.75, 3.05) is 20.8 Å². The third kappa shape index (κ3) is 5.66. The van der Waals surface area contributed by atoms with E-state index in [-0.39, 0.29) is 17.9 Å². The zero-order valence-corrected chi connectivity index (χ0v) is 26.8. The van der Waals surface area contributed by atoms with Crippen LogP contribution in [0.5, 0.6) is 17.2 Å². The van der Waals surface area contributed by atoms with E-state index in [9.17, 15) is 9.59 Å². The molecule has 0 saturated carbocycles. The molecule has 0 radical (unpaired) electrons. The molecule has 0 N–H and O–H groups in total. The number of rotatable bonds is 8. The van der Waals surface area contributed by atoms with Crippen molar-refractivity contribution < 1.29 is 23.7 Å². The second-order valence-electron chi connectivity index (χ2n) is 12.5. The molecule has 0 spiro atoms. The van der Waals surface area contributed by atoms with Gasteiger partial charge in [-0.3, -0.25) is 14.6 Å². The molecule has 0 bridgehead atoms. The Balaban J connectivity index is 1.70. The fraction of sp³-hybridized carbons (Fsp3) is 0.324. The van der Waals surface area contributed by atoms with Crippen LogP contribution in [0.4, 0.5) is 0 Å². The smallest absolute Gasteiger partial charge is 0.251 e. The molecule has 1 unspecified atom stereocenters. The van der Waals surface area contributed by atoms with Gasteiger partial charge in [0.2, 0.25) is 0 Å². The van der Waals surface area contributed by atoms with Gasteiger partial charge in [0, 0.05) is 41.1 Å². The number of carbonyl (C=O) groups is 1. The van der Waals surface area contributed by atoms with Gasteiger partial charge in [0.1, 0.15) is 23.4 Å². The van der Waals surface area contributed by atoms with Gasteiger partial charge in [-0.05, 0) is 105 Å². The summed E-state index contributed by atoms with van der Waals surface area (Å²) in [4.78, 5) is 31.8. The van der Waals surface area contributed by atoms with E-state index < -0.39 is 11.7 Å². The topological polar surface area (TPSA) is 88.9 Å². The number of fused-ring (bicyclic) bond motifs is 1. The van der Waals surface area contributed by atoms with Gasteiger partial charge in [-0.1, -0.05) is 0 Å². The normalized spacial score (nSPS) is 13.5. The first-order valence-corrected chi connectivity index (χ1v) is 15.1. The Morgan fingerprint density at radius 2 is 1.76 bits per heavy atom. The van der Waals surface area contributed by atoms with Crippen LogP contribution in [0.15, 0.2) is 65.6 Å². The van der Waals surface area contributed by atoms with Crippen molar-refractivity contribution in [3.63, 3.8) is 0 Å². The van der Waals surface area contributed by atoms with Crippen LogP contribution in [0, 0.1) is 6.92 Å². The maximum absolute atomic E-state index is 13.6. The van der Waals surface area contributed by atoms with Crippen LogP contribution in [0.2, 0.25) is 0 Å². The summed E-state index contributed by atoms with van der Waals surface area (Å²) in [7, 11) is 3.20. The summed E-state index contributed by atoms with van der Waals surface area (Å²) in [6.45, 7) is 10.3. The summed E-state index contributed by atoms with van der Waals surface area (Å²) in [5, 5.41) is 1.78. The average Bonchev–Trinajstić information content (AvgIpc) is 3.01. The molecule has 8 nitrogen and oxygen atoms in total. The first-order valence-electron chi connectivity index (χ1n) is 15.1. The molecule has 45 heavy (non-hydrogen) atoms. The lowest BCUT2D eigenvalue weighted by Gasteiger charge is -2.30. The third-order valence-electron chi connectivity index (χ3n) is 8.24. The van der Waals surface area contributed by atoms with Crippen LogP contribution in [-0.4, -0.2) is 41.8 Å². The Morgan fingerprint density at radius 1 is 1.02 bits per heavy atom. The third-order valence-corrected chi connectivity index (χ3v) is 8.24. The number of ketones is 1. The van der Waals surface area contributed by atoms with E-state index in [0.717, 1.165) is 61.8 Å². The predicted octanol–water partition coefficient (Wildman–Crippen LogP) is 6.97. The van der Waals surface area contributed by atoms with Gasteiger partial charge in [-0.15, -0.1) is 0 Å². The molecular formula is C37H38N2O6. The molecule has 0 saturated heterocycles. The van der Waals surface area contributed by atoms with Gasteiger partial charge >= 0.3 is 0 Å². The van der Waals surface area contributed by atoms with Crippen molar-refractivity contribution >= 4 is 27.6 Å². The van der Waals surface area contributed by atoms with E-state index in [0.29, 0.717) is 18.1 Å². The van der Waals surface area contributed by atoms with E-state index in [1.54, 1.807) is 37.8 Å². The molecule has 8 heteroatoms. The number of ether oxygens (including phenoxy) is 4. The molecule has 0 fully saturated rings. The fourth-order valence-electron chi connectivity index (χ4n) is 6.32. The van der Waals surface area contributed by atoms with E-state index in [1.807, 2.05) is 76.4 Å². The molecule has 232 valence electrons. The zero-order valence-electron chi connectivity index (χ0n) is 26.8. The monoisotopic (exact) mass is 606 g/mol. The van der Waals surface area contributed by atoms with Crippen molar-refractivity contribution in [3.05, 3.63) is 93.4 Å². The summed E-state index contributed by atoms with van der Waals surface area (Å²) >= 11 is 0. The lowest BCUT2D eigenvalue weighted by Crippen LogP contribution is -2.27. The number of carbonyl (C=O) groups excluding carboxylic acids is 1. The molecule has 1 aliphatic heterocycles. The number of nitrogens with zero attached hydrogens (tertiary/aromatic N) is 2. The van der Waals surface area contributed by atoms with Crippen LogP contribution >= 0.6 is 0 Å². The van der Waals surface area contributed by atoms with Gasteiger partial charge in [0.05, 0.1) is 44.0 Å². The van der Waals surface area contributed by atoms with Crippen LogP contribution < -0.4 is 19.8 Å². The maximum atomic E-state index is 13.6. The number of aryl methyl sites for hydroxylation is 1. The highest BCUT2D eigenvalue weighted by Gasteiger charge is 2.31. The van der Waals surface area contributed by atoms with Crippen molar-refractivity contribution in [2.45, 2.75) is 59.3 Å². The quantitative estimate of drug-likeness (QED) is 0.188.